The molecule has 1 atom stereocenters. The Morgan fingerprint density at radius 2 is 1.96 bits per heavy atom. The summed E-state index contributed by atoms with van der Waals surface area (Å²) in [6.45, 7) is 0.539. The Morgan fingerprint density at radius 3 is 2.68 bits per heavy atom. The summed E-state index contributed by atoms with van der Waals surface area (Å²) in [4.78, 5) is 37.3. The molecule has 1 fully saturated rings. The van der Waals surface area contributed by atoms with Gasteiger partial charge < -0.3 is 15.1 Å². The second-order valence-corrected chi connectivity index (χ2v) is 5.80. The molecule has 0 bridgehead atoms. The van der Waals surface area contributed by atoms with Crippen LogP contribution in [0.2, 0.25) is 0 Å². The van der Waals surface area contributed by atoms with E-state index in [0.29, 0.717) is 18.7 Å². The number of urea groups is 1. The number of rotatable bonds is 7. The van der Waals surface area contributed by atoms with Crippen LogP contribution in [0.4, 0.5) is 4.79 Å². The average Bonchev–Trinajstić information content (AvgIpc) is 3.20. The summed E-state index contributed by atoms with van der Waals surface area (Å²) >= 11 is 0. The maximum atomic E-state index is 12.3. The van der Waals surface area contributed by atoms with Crippen LogP contribution in [0.25, 0.3) is 0 Å². The van der Waals surface area contributed by atoms with Crippen molar-refractivity contribution in [3.8, 4) is 0 Å². The highest BCUT2D eigenvalue weighted by molar-refractivity contribution is 6.05. The average molecular weight is 341 g/mol. The smallest absolute Gasteiger partial charge is 0.325 e. The van der Waals surface area contributed by atoms with Gasteiger partial charge in [-0.1, -0.05) is 30.3 Å². The lowest BCUT2D eigenvalue weighted by Crippen LogP contribution is -2.37. The highest BCUT2D eigenvalue weighted by Gasteiger charge is 2.39. The molecule has 2 aromatic rings. The molecule has 0 spiro atoms. The number of imide groups is 1. The van der Waals surface area contributed by atoms with Gasteiger partial charge in [-0.3, -0.25) is 14.5 Å². The third kappa shape index (κ3) is 4.26. The van der Waals surface area contributed by atoms with E-state index in [1.165, 1.54) is 6.26 Å². The number of hydrogen-bond acceptors (Lipinski definition) is 4. The maximum Gasteiger partial charge on any atom is 0.325 e. The Morgan fingerprint density at radius 1 is 1.16 bits per heavy atom. The number of furan rings is 1. The highest BCUT2D eigenvalue weighted by Crippen LogP contribution is 2.14. The van der Waals surface area contributed by atoms with E-state index in [2.05, 4.69) is 10.6 Å². The quantitative estimate of drug-likeness (QED) is 0.746. The molecule has 0 saturated carbocycles. The van der Waals surface area contributed by atoms with Gasteiger partial charge in [0.2, 0.25) is 5.91 Å². The van der Waals surface area contributed by atoms with Crippen molar-refractivity contribution in [2.45, 2.75) is 25.4 Å². The van der Waals surface area contributed by atoms with Crippen LogP contribution in [-0.2, 0) is 22.6 Å². The zero-order chi connectivity index (χ0) is 17.6. The summed E-state index contributed by atoms with van der Waals surface area (Å²) in [6.07, 6.45) is 2.11. The minimum absolute atomic E-state index is 0.0593. The Labute approximate surface area is 145 Å². The van der Waals surface area contributed by atoms with E-state index in [-0.39, 0.29) is 18.9 Å². The lowest BCUT2D eigenvalue weighted by Gasteiger charge is -2.11. The van der Waals surface area contributed by atoms with E-state index in [1.807, 2.05) is 30.3 Å². The zero-order valence-electron chi connectivity index (χ0n) is 13.6. The molecular formula is C18H19N3O4. The second-order valence-electron chi connectivity index (χ2n) is 5.80. The van der Waals surface area contributed by atoms with E-state index in [4.69, 9.17) is 4.42 Å². The Hall–Kier alpha value is -3.09. The van der Waals surface area contributed by atoms with Crippen molar-refractivity contribution in [3.63, 3.8) is 0 Å². The van der Waals surface area contributed by atoms with Crippen LogP contribution >= 0.6 is 0 Å². The lowest BCUT2D eigenvalue weighted by atomic mass is 10.1. The minimum Gasteiger partial charge on any atom is -0.467 e. The van der Waals surface area contributed by atoms with Gasteiger partial charge in [0.15, 0.2) is 0 Å². The van der Waals surface area contributed by atoms with Crippen LogP contribution < -0.4 is 10.6 Å². The summed E-state index contributed by atoms with van der Waals surface area (Å²) < 4.78 is 5.15. The maximum absolute atomic E-state index is 12.3. The standard InChI is InChI=1S/C18H19N3O4/c22-16(19-9-8-13-5-2-1-3-6-13)11-15-17(23)21(18(24)20-15)12-14-7-4-10-25-14/h1-7,10,15H,8-9,11-12H2,(H,19,22)(H,20,24)/t15-/m1/s1. The van der Waals surface area contributed by atoms with Crippen molar-refractivity contribution in [1.82, 2.24) is 15.5 Å². The molecule has 2 N–H and O–H groups in total. The van der Waals surface area contributed by atoms with Crippen LogP contribution in [0.15, 0.2) is 53.1 Å². The molecule has 0 unspecified atom stereocenters. The fraction of sp³-hybridized carbons (Fsp3) is 0.278. The SMILES string of the molecule is O=C(C[C@H]1NC(=O)N(Cc2ccco2)C1=O)NCCc1ccccc1. The van der Waals surface area contributed by atoms with Crippen molar-refractivity contribution in [1.29, 1.82) is 0 Å². The van der Waals surface area contributed by atoms with Crippen molar-refractivity contribution >= 4 is 17.8 Å². The van der Waals surface area contributed by atoms with Gasteiger partial charge in [-0.2, -0.15) is 0 Å². The molecule has 1 aromatic carbocycles. The summed E-state index contributed by atoms with van der Waals surface area (Å²) in [5.41, 5.74) is 1.12. The molecule has 1 aliphatic heterocycles. The zero-order valence-corrected chi connectivity index (χ0v) is 13.6. The topological polar surface area (TPSA) is 91.7 Å². The van der Waals surface area contributed by atoms with Crippen LogP contribution in [0.1, 0.15) is 17.7 Å². The number of hydrogen-bond donors (Lipinski definition) is 2. The fourth-order valence-electron chi connectivity index (χ4n) is 2.67. The van der Waals surface area contributed by atoms with E-state index < -0.39 is 18.0 Å². The minimum atomic E-state index is -0.834. The molecule has 7 heteroatoms. The van der Waals surface area contributed by atoms with Crippen LogP contribution in [0.3, 0.4) is 0 Å². The summed E-state index contributed by atoms with van der Waals surface area (Å²) in [7, 11) is 0. The summed E-state index contributed by atoms with van der Waals surface area (Å²) in [5.74, 6) is -0.175. The number of nitrogens with one attached hydrogen (secondary N) is 2. The van der Waals surface area contributed by atoms with Gasteiger partial charge in [0.05, 0.1) is 19.2 Å². The Bertz CT molecular complexity index is 743. The molecule has 2 heterocycles. The van der Waals surface area contributed by atoms with E-state index in [9.17, 15) is 14.4 Å². The fourth-order valence-corrected chi connectivity index (χ4v) is 2.67. The van der Waals surface area contributed by atoms with Crippen LogP contribution in [0, 0.1) is 0 Å². The molecule has 0 aliphatic carbocycles. The van der Waals surface area contributed by atoms with Gasteiger partial charge in [-0.15, -0.1) is 0 Å². The van der Waals surface area contributed by atoms with Crippen molar-refractivity contribution in [2.75, 3.05) is 6.54 Å². The van der Waals surface area contributed by atoms with Gasteiger partial charge >= 0.3 is 6.03 Å². The molecule has 0 radical (unpaired) electrons. The summed E-state index contributed by atoms with van der Waals surface area (Å²) in [6, 6.07) is 11.8. The first-order chi connectivity index (χ1) is 12.1. The van der Waals surface area contributed by atoms with E-state index >= 15 is 0 Å². The molecule has 1 aromatic heterocycles. The molecule has 25 heavy (non-hydrogen) atoms. The molecule has 3 rings (SSSR count). The molecule has 1 aliphatic rings. The van der Waals surface area contributed by atoms with Gasteiger partial charge in [-0.25, -0.2) is 4.79 Å². The number of amides is 4. The number of nitrogens with zero attached hydrogens (tertiary/aromatic N) is 1. The molecule has 1 saturated heterocycles. The molecular weight excluding hydrogens is 322 g/mol. The largest absolute Gasteiger partial charge is 0.467 e. The molecule has 7 nitrogen and oxygen atoms in total. The van der Waals surface area contributed by atoms with Gasteiger partial charge in [0.1, 0.15) is 11.8 Å². The first-order valence-electron chi connectivity index (χ1n) is 8.08. The van der Waals surface area contributed by atoms with Gasteiger partial charge in [-0.05, 0) is 24.1 Å². The Kier molecular flexibility index (Phi) is 5.13. The Balaban J connectivity index is 1.46. The number of benzene rings is 1. The highest BCUT2D eigenvalue weighted by atomic mass is 16.3. The van der Waals surface area contributed by atoms with Crippen LogP contribution in [-0.4, -0.2) is 35.3 Å². The third-order valence-corrected chi connectivity index (χ3v) is 3.97. The number of carbonyl (C=O) groups is 3. The third-order valence-electron chi connectivity index (χ3n) is 3.97. The van der Waals surface area contributed by atoms with Gasteiger partial charge in [0, 0.05) is 6.54 Å². The van der Waals surface area contributed by atoms with E-state index in [1.54, 1.807) is 12.1 Å². The normalized spacial score (nSPS) is 16.8. The van der Waals surface area contributed by atoms with Gasteiger partial charge in [0.25, 0.3) is 5.91 Å². The number of carbonyl (C=O) groups excluding carboxylic acids is 3. The van der Waals surface area contributed by atoms with Crippen molar-refractivity contribution < 1.29 is 18.8 Å². The first kappa shape index (κ1) is 16.8. The monoisotopic (exact) mass is 341 g/mol. The van der Waals surface area contributed by atoms with Crippen molar-refractivity contribution in [2.24, 2.45) is 0 Å². The molecule has 4 amide bonds. The summed E-state index contributed by atoms with van der Waals surface area (Å²) in [5, 5.41) is 5.31. The predicted molar refractivity (Wildman–Crippen MR) is 89.4 cm³/mol. The van der Waals surface area contributed by atoms with E-state index in [0.717, 1.165) is 10.5 Å². The predicted octanol–water partition coefficient (Wildman–Crippen LogP) is 1.45. The molecule has 130 valence electrons. The van der Waals surface area contributed by atoms with Crippen LogP contribution in [0.5, 0.6) is 0 Å². The second kappa shape index (κ2) is 7.65. The first-order valence-corrected chi connectivity index (χ1v) is 8.08. The van der Waals surface area contributed by atoms with Crippen molar-refractivity contribution in [3.05, 3.63) is 60.1 Å². The lowest BCUT2D eigenvalue weighted by molar-refractivity contribution is -0.131.